The molecular weight excluding hydrogens is 343 g/mol. The molecule has 144 valence electrons. The molecule has 3 rings (SSSR count). The van der Waals surface area contributed by atoms with Crippen molar-refractivity contribution in [1.82, 2.24) is 10.2 Å². The zero-order valence-corrected chi connectivity index (χ0v) is 15.9. The number of ketones is 1. The fourth-order valence-corrected chi connectivity index (χ4v) is 3.29. The second-order valence-electron chi connectivity index (χ2n) is 7.16. The Hall–Kier alpha value is -2.24. The molecule has 4 nitrogen and oxygen atoms in total. The molecule has 0 saturated carbocycles. The Bertz CT molecular complexity index is 777. The molecule has 1 aliphatic carbocycles. The van der Waals surface area contributed by atoms with Gasteiger partial charge in [0.1, 0.15) is 18.2 Å². The van der Waals surface area contributed by atoms with Crippen LogP contribution in [0.5, 0.6) is 5.75 Å². The van der Waals surface area contributed by atoms with E-state index >= 15 is 0 Å². The summed E-state index contributed by atoms with van der Waals surface area (Å²) in [6.07, 6.45) is 5.76. The number of ether oxygens (including phenoxy) is 1. The molecule has 2 aliphatic rings. The third kappa shape index (κ3) is 5.37. The number of rotatable bonds is 8. The predicted molar refractivity (Wildman–Crippen MR) is 106 cm³/mol. The topological polar surface area (TPSA) is 41.6 Å². The second kappa shape index (κ2) is 9.11. The molecule has 0 atom stereocenters. The lowest BCUT2D eigenvalue weighted by atomic mass is 9.90. The van der Waals surface area contributed by atoms with Gasteiger partial charge in [-0.05, 0) is 43.0 Å². The molecule has 0 radical (unpaired) electrons. The minimum atomic E-state index is -0.267. The van der Waals surface area contributed by atoms with E-state index in [2.05, 4.69) is 16.8 Å². The molecule has 5 heteroatoms. The standard InChI is InChI=1S/C22H27FN2O2/c1-16(2)22(26)13-17-3-5-18(6-4-17)20-8-7-19(14-21(20)23)27-12-11-25-10-9-24-15-25/h3,5,7-8,14,24H,1,4,6,9-13,15H2,2H3. The molecule has 1 fully saturated rings. The highest BCUT2D eigenvalue weighted by molar-refractivity contribution is 5.95. The van der Waals surface area contributed by atoms with Gasteiger partial charge in [-0.2, -0.15) is 0 Å². The van der Waals surface area contributed by atoms with Crippen LogP contribution in [0.15, 0.2) is 48.1 Å². The van der Waals surface area contributed by atoms with Crippen LogP contribution in [0.4, 0.5) is 4.39 Å². The molecule has 0 bridgehead atoms. The van der Waals surface area contributed by atoms with E-state index in [4.69, 9.17) is 4.74 Å². The van der Waals surface area contributed by atoms with E-state index < -0.39 is 0 Å². The van der Waals surface area contributed by atoms with Gasteiger partial charge in [0, 0.05) is 44.4 Å². The molecule has 1 heterocycles. The van der Waals surface area contributed by atoms with E-state index in [0.717, 1.165) is 50.3 Å². The molecule has 1 saturated heterocycles. The van der Waals surface area contributed by atoms with Gasteiger partial charge in [0.15, 0.2) is 5.78 Å². The van der Waals surface area contributed by atoms with Crippen LogP contribution < -0.4 is 10.1 Å². The molecular formula is C22H27FN2O2. The Morgan fingerprint density at radius 2 is 2.19 bits per heavy atom. The smallest absolute Gasteiger partial charge is 0.162 e. The number of hydrogen-bond acceptors (Lipinski definition) is 4. The van der Waals surface area contributed by atoms with Gasteiger partial charge >= 0.3 is 0 Å². The fraction of sp³-hybridized carbons (Fsp3) is 0.409. The average Bonchev–Trinajstić information content (AvgIpc) is 3.16. The van der Waals surface area contributed by atoms with Crippen LogP contribution in [0, 0.1) is 5.82 Å². The van der Waals surface area contributed by atoms with E-state index in [0.29, 0.717) is 29.9 Å². The van der Waals surface area contributed by atoms with Gasteiger partial charge in [0.05, 0.1) is 0 Å². The summed E-state index contributed by atoms with van der Waals surface area (Å²) >= 11 is 0. The highest BCUT2D eigenvalue weighted by atomic mass is 19.1. The zero-order valence-electron chi connectivity index (χ0n) is 15.9. The first kappa shape index (κ1) is 19.5. The highest BCUT2D eigenvalue weighted by Gasteiger charge is 2.15. The summed E-state index contributed by atoms with van der Waals surface area (Å²) in [5, 5.41) is 3.27. The molecule has 0 spiro atoms. The maximum atomic E-state index is 14.5. The summed E-state index contributed by atoms with van der Waals surface area (Å²) < 4.78 is 20.2. The molecule has 0 amide bonds. The zero-order chi connectivity index (χ0) is 19.2. The van der Waals surface area contributed by atoms with Crippen LogP contribution in [-0.4, -0.2) is 43.6 Å². The highest BCUT2D eigenvalue weighted by Crippen LogP contribution is 2.31. The van der Waals surface area contributed by atoms with Crippen molar-refractivity contribution in [2.45, 2.75) is 26.2 Å². The summed E-state index contributed by atoms with van der Waals surface area (Å²) in [4.78, 5) is 14.0. The van der Waals surface area contributed by atoms with Crippen molar-refractivity contribution in [3.63, 3.8) is 0 Å². The fourth-order valence-electron chi connectivity index (χ4n) is 3.29. The Morgan fingerprint density at radius 1 is 1.33 bits per heavy atom. The van der Waals surface area contributed by atoms with Gasteiger partial charge in [-0.25, -0.2) is 4.39 Å². The first-order valence-electron chi connectivity index (χ1n) is 9.46. The normalized spacial score (nSPS) is 17.4. The largest absolute Gasteiger partial charge is 0.492 e. The number of benzene rings is 1. The van der Waals surface area contributed by atoms with Gasteiger partial charge in [-0.1, -0.05) is 24.3 Å². The monoisotopic (exact) mass is 370 g/mol. The third-order valence-electron chi connectivity index (χ3n) is 5.00. The summed E-state index contributed by atoms with van der Waals surface area (Å²) in [7, 11) is 0. The number of allylic oxidation sites excluding steroid dienone is 5. The number of carbonyl (C=O) groups is 1. The number of hydrogen-bond donors (Lipinski definition) is 1. The SMILES string of the molecule is C=C(C)C(=O)CC1=CC=C(c2ccc(OCCN3CCNC3)cc2F)CC1. The Kier molecular flexibility index (Phi) is 6.58. The third-order valence-corrected chi connectivity index (χ3v) is 5.00. The lowest BCUT2D eigenvalue weighted by molar-refractivity contribution is -0.114. The summed E-state index contributed by atoms with van der Waals surface area (Å²) in [5.41, 5.74) is 3.21. The Labute approximate surface area is 160 Å². The lowest BCUT2D eigenvalue weighted by Gasteiger charge is -2.17. The van der Waals surface area contributed by atoms with Gasteiger partial charge in [-0.15, -0.1) is 0 Å². The lowest BCUT2D eigenvalue weighted by Crippen LogP contribution is -2.27. The minimum Gasteiger partial charge on any atom is -0.492 e. The molecule has 1 N–H and O–H groups in total. The molecule has 27 heavy (non-hydrogen) atoms. The van der Waals surface area contributed by atoms with Gasteiger partial charge in [0.25, 0.3) is 0 Å². The van der Waals surface area contributed by atoms with Crippen LogP contribution in [0.3, 0.4) is 0 Å². The van der Waals surface area contributed by atoms with Crippen LogP contribution in [-0.2, 0) is 4.79 Å². The van der Waals surface area contributed by atoms with Gasteiger partial charge in [0.2, 0.25) is 0 Å². The molecule has 0 unspecified atom stereocenters. The van der Waals surface area contributed by atoms with Crippen molar-refractivity contribution in [3.8, 4) is 5.75 Å². The van der Waals surface area contributed by atoms with Gasteiger partial charge in [-0.3, -0.25) is 9.69 Å². The van der Waals surface area contributed by atoms with Crippen molar-refractivity contribution >= 4 is 11.4 Å². The van der Waals surface area contributed by atoms with Crippen molar-refractivity contribution in [1.29, 1.82) is 0 Å². The molecule has 1 aromatic rings. The Balaban J connectivity index is 1.58. The van der Waals surface area contributed by atoms with Crippen molar-refractivity contribution in [3.05, 3.63) is 59.5 Å². The summed E-state index contributed by atoms with van der Waals surface area (Å²) in [5.74, 6) is 0.357. The molecule has 1 aliphatic heterocycles. The van der Waals surface area contributed by atoms with E-state index in [1.54, 1.807) is 13.0 Å². The maximum absolute atomic E-state index is 14.5. The second-order valence-corrected chi connectivity index (χ2v) is 7.16. The molecule has 1 aromatic carbocycles. The average molecular weight is 370 g/mol. The maximum Gasteiger partial charge on any atom is 0.162 e. The van der Waals surface area contributed by atoms with Crippen molar-refractivity contribution in [2.24, 2.45) is 0 Å². The number of carbonyl (C=O) groups excluding carboxylic acids is 1. The van der Waals surface area contributed by atoms with E-state index in [-0.39, 0.29) is 11.6 Å². The van der Waals surface area contributed by atoms with E-state index in [9.17, 15) is 9.18 Å². The Morgan fingerprint density at radius 3 is 2.81 bits per heavy atom. The minimum absolute atomic E-state index is 0.0653. The quantitative estimate of drug-likeness (QED) is 0.709. The first-order chi connectivity index (χ1) is 13.0. The number of nitrogens with one attached hydrogen (secondary N) is 1. The first-order valence-corrected chi connectivity index (χ1v) is 9.46. The van der Waals surface area contributed by atoms with Crippen LogP contribution in [0.25, 0.3) is 5.57 Å². The number of Topliss-reactive ketones (excluding diaryl/α,β-unsaturated/α-hetero) is 1. The molecule has 0 aromatic heterocycles. The van der Waals surface area contributed by atoms with E-state index in [1.807, 2.05) is 18.2 Å². The van der Waals surface area contributed by atoms with Gasteiger partial charge < -0.3 is 10.1 Å². The van der Waals surface area contributed by atoms with Crippen molar-refractivity contribution in [2.75, 3.05) is 32.9 Å². The summed E-state index contributed by atoms with van der Waals surface area (Å²) in [6.45, 7) is 9.72. The van der Waals surface area contributed by atoms with Crippen molar-refractivity contribution < 1.29 is 13.9 Å². The number of halogens is 1. The van der Waals surface area contributed by atoms with Crippen LogP contribution >= 0.6 is 0 Å². The predicted octanol–water partition coefficient (Wildman–Crippen LogP) is 3.71. The van der Waals surface area contributed by atoms with Crippen LogP contribution in [0.2, 0.25) is 0 Å². The summed E-state index contributed by atoms with van der Waals surface area (Å²) in [6, 6.07) is 5.07. The van der Waals surface area contributed by atoms with E-state index in [1.165, 1.54) is 6.07 Å². The number of nitrogens with zero attached hydrogens (tertiary/aromatic N) is 1. The van der Waals surface area contributed by atoms with Crippen LogP contribution in [0.1, 0.15) is 31.7 Å².